The number of aromatic hydroxyl groups is 1. The van der Waals surface area contributed by atoms with E-state index in [1.54, 1.807) is 12.3 Å². The number of aromatic nitrogens is 3. The SMILES string of the molecule is CN(C)Cc1cc(-c2cc3c(N[C@@H]4CC[C@](C)(N)C4(C)C)c(/C(N)=N/c4ccc(O)cc4Cl)cnn3c2)cn1C. The van der Waals surface area contributed by atoms with Gasteiger partial charge in [0.1, 0.15) is 11.6 Å². The smallest absolute Gasteiger partial charge is 0.135 e. The van der Waals surface area contributed by atoms with Crippen LogP contribution >= 0.6 is 11.6 Å². The number of aryl methyl sites for hydroxylation is 1. The van der Waals surface area contributed by atoms with Crippen molar-refractivity contribution in [3.63, 3.8) is 0 Å². The third-order valence-corrected chi connectivity index (χ3v) is 8.92. The lowest BCUT2D eigenvalue weighted by molar-refractivity contribution is 0.215. The van der Waals surface area contributed by atoms with Crippen LogP contribution in [0, 0.1) is 5.41 Å². The number of phenols is 1. The number of hydrogen-bond donors (Lipinski definition) is 4. The zero-order valence-electron chi connectivity index (χ0n) is 24.0. The Morgan fingerprint density at radius 3 is 2.58 bits per heavy atom. The molecule has 6 N–H and O–H groups in total. The van der Waals surface area contributed by atoms with Crippen molar-refractivity contribution in [1.29, 1.82) is 0 Å². The van der Waals surface area contributed by atoms with Gasteiger partial charge in [-0.25, -0.2) is 9.51 Å². The van der Waals surface area contributed by atoms with E-state index in [9.17, 15) is 5.11 Å². The highest BCUT2D eigenvalue weighted by atomic mass is 35.5. The second-order valence-electron chi connectivity index (χ2n) is 12.1. The molecule has 9 nitrogen and oxygen atoms in total. The Bertz CT molecular complexity index is 1600. The molecule has 0 radical (unpaired) electrons. The molecule has 0 amide bonds. The van der Waals surface area contributed by atoms with Crippen LogP contribution in [-0.2, 0) is 13.6 Å². The van der Waals surface area contributed by atoms with Crippen molar-refractivity contribution in [2.75, 3.05) is 19.4 Å². The Balaban J connectivity index is 1.63. The summed E-state index contributed by atoms with van der Waals surface area (Å²) in [5.41, 5.74) is 19.1. The molecular weight excluding hydrogens is 524 g/mol. The Morgan fingerprint density at radius 2 is 1.93 bits per heavy atom. The number of amidine groups is 1. The van der Waals surface area contributed by atoms with Crippen molar-refractivity contribution in [3.05, 3.63) is 65.2 Å². The maximum atomic E-state index is 9.76. The van der Waals surface area contributed by atoms with E-state index < -0.39 is 0 Å². The van der Waals surface area contributed by atoms with Crippen molar-refractivity contribution in [3.8, 4) is 16.9 Å². The topological polar surface area (TPSA) is 122 Å². The molecule has 0 spiro atoms. The molecule has 1 fully saturated rings. The van der Waals surface area contributed by atoms with Gasteiger partial charge >= 0.3 is 0 Å². The summed E-state index contributed by atoms with van der Waals surface area (Å²) in [6.45, 7) is 7.39. The first kappa shape index (κ1) is 28.0. The number of nitrogens with two attached hydrogens (primary N) is 2. The minimum Gasteiger partial charge on any atom is -0.508 e. The van der Waals surface area contributed by atoms with Crippen molar-refractivity contribution in [2.24, 2.45) is 28.9 Å². The standard InChI is InChI=1S/C30H39ClN8O/c1-29(2)26(9-10-30(29,3)33)36-27-22(28(32)35-24-8-7-21(40)13-23(24)31)14-34-39-16-19(12-25(27)39)18-11-20(17-37(4)5)38(6)15-18/h7-8,11-16,26,36,40H,9-10,17,33H2,1-6H3,(H2,32,35)/t26-,30+/m1/s1. The van der Waals surface area contributed by atoms with E-state index in [2.05, 4.69) is 80.0 Å². The Hall–Kier alpha value is -3.53. The molecule has 4 aromatic rings. The van der Waals surface area contributed by atoms with Gasteiger partial charge in [0, 0.05) is 65.9 Å². The summed E-state index contributed by atoms with van der Waals surface area (Å²) in [6, 6.07) is 9.08. The van der Waals surface area contributed by atoms with Gasteiger partial charge < -0.3 is 31.4 Å². The maximum absolute atomic E-state index is 9.76. The summed E-state index contributed by atoms with van der Waals surface area (Å²) in [4.78, 5) is 6.77. The fraction of sp³-hybridized carbons (Fsp3) is 0.400. The molecule has 0 unspecified atom stereocenters. The molecule has 1 saturated carbocycles. The van der Waals surface area contributed by atoms with Crippen LogP contribution in [0.5, 0.6) is 5.75 Å². The highest BCUT2D eigenvalue weighted by molar-refractivity contribution is 6.33. The van der Waals surface area contributed by atoms with Crippen LogP contribution in [0.4, 0.5) is 11.4 Å². The average Bonchev–Trinajstić information content (AvgIpc) is 3.51. The first-order valence-corrected chi connectivity index (χ1v) is 13.8. The molecular formula is C30H39ClN8O. The highest BCUT2D eigenvalue weighted by Gasteiger charge is 2.49. The van der Waals surface area contributed by atoms with Crippen LogP contribution in [0.15, 0.2) is 53.9 Å². The van der Waals surface area contributed by atoms with Gasteiger partial charge in [-0.1, -0.05) is 25.4 Å². The van der Waals surface area contributed by atoms with E-state index in [1.165, 1.54) is 17.8 Å². The summed E-state index contributed by atoms with van der Waals surface area (Å²) in [7, 11) is 6.20. The van der Waals surface area contributed by atoms with Crippen LogP contribution in [0.2, 0.25) is 5.02 Å². The fourth-order valence-electron chi connectivity index (χ4n) is 5.54. The van der Waals surface area contributed by atoms with Gasteiger partial charge in [-0.05, 0) is 58.1 Å². The van der Waals surface area contributed by atoms with Gasteiger partial charge in [0.25, 0.3) is 0 Å². The number of benzene rings is 1. The van der Waals surface area contributed by atoms with Crippen molar-refractivity contribution >= 4 is 34.3 Å². The van der Waals surface area contributed by atoms with Crippen LogP contribution < -0.4 is 16.8 Å². The van der Waals surface area contributed by atoms with E-state index in [0.29, 0.717) is 16.3 Å². The maximum Gasteiger partial charge on any atom is 0.135 e. The predicted octanol–water partition coefficient (Wildman–Crippen LogP) is 5.12. The van der Waals surface area contributed by atoms with Crippen LogP contribution in [0.1, 0.15) is 44.9 Å². The summed E-state index contributed by atoms with van der Waals surface area (Å²) >= 11 is 6.34. The van der Waals surface area contributed by atoms with Crippen molar-refractivity contribution < 1.29 is 5.11 Å². The molecule has 10 heteroatoms. The number of nitrogens with one attached hydrogen (secondary N) is 1. The molecule has 2 atom stereocenters. The highest BCUT2D eigenvalue weighted by Crippen LogP contribution is 2.46. The Kier molecular flexibility index (Phi) is 7.10. The van der Waals surface area contributed by atoms with E-state index >= 15 is 0 Å². The molecule has 0 bridgehead atoms. The molecule has 40 heavy (non-hydrogen) atoms. The summed E-state index contributed by atoms with van der Waals surface area (Å²) in [6.07, 6.45) is 7.75. The number of aliphatic imine (C=N–C) groups is 1. The number of rotatable bonds is 7. The van der Waals surface area contributed by atoms with Crippen molar-refractivity contribution in [2.45, 2.75) is 51.7 Å². The van der Waals surface area contributed by atoms with Crippen LogP contribution in [0.25, 0.3) is 16.6 Å². The quantitative estimate of drug-likeness (QED) is 0.183. The molecule has 1 aromatic carbocycles. The number of anilines is 1. The average molecular weight is 563 g/mol. The Morgan fingerprint density at radius 1 is 1.20 bits per heavy atom. The first-order chi connectivity index (χ1) is 18.8. The lowest BCUT2D eigenvalue weighted by Crippen LogP contribution is -2.51. The number of nitrogens with zero attached hydrogens (tertiary/aromatic N) is 5. The van der Waals surface area contributed by atoms with Crippen LogP contribution in [-0.4, -0.2) is 55.7 Å². The summed E-state index contributed by atoms with van der Waals surface area (Å²) in [5.74, 6) is 0.337. The van der Waals surface area contributed by atoms with Gasteiger partial charge in [-0.2, -0.15) is 5.10 Å². The largest absolute Gasteiger partial charge is 0.508 e. The fourth-order valence-corrected chi connectivity index (χ4v) is 5.76. The number of fused-ring (bicyclic) bond motifs is 1. The van der Waals surface area contributed by atoms with Crippen molar-refractivity contribution in [1.82, 2.24) is 19.1 Å². The van der Waals surface area contributed by atoms with E-state index in [0.717, 1.165) is 41.7 Å². The summed E-state index contributed by atoms with van der Waals surface area (Å²) < 4.78 is 4.04. The van der Waals surface area contributed by atoms with E-state index in [4.69, 9.17) is 28.2 Å². The monoisotopic (exact) mass is 562 g/mol. The molecule has 3 heterocycles. The number of phenolic OH excluding ortho intramolecular Hbond substituents is 1. The normalized spacial score (nSPS) is 21.0. The lowest BCUT2D eigenvalue weighted by Gasteiger charge is -2.39. The van der Waals surface area contributed by atoms with Gasteiger partial charge in [-0.15, -0.1) is 0 Å². The molecule has 0 aliphatic heterocycles. The van der Waals surface area contributed by atoms with E-state index in [1.807, 2.05) is 10.7 Å². The molecule has 0 saturated heterocycles. The van der Waals surface area contributed by atoms with E-state index in [-0.39, 0.29) is 28.6 Å². The third-order valence-electron chi connectivity index (χ3n) is 8.62. The lowest BCUT2D eigenvalue weighted by atomic mass is 9.75. The zero-order chi connectivity index (χ0) is 29.0. The van der Waals surface area contributed by atoms with Crippen LogP contribution in [0.3, 0.4) is 0 Å². The minimum absolute atomic E-state index is 0.0663. The zero-order valence-corrected chi connectivity index (χ0v) is 24.8. The Labute approximate surface area is 240 Å². The minimum atomic E-state index is -0.312. The number of halogens is 1. The molecule has 212 valence electrons. The van der Waals surface area contributed by atoms with Gasteiger partial charge in [0.05, 0.1) is 33.7 Å². The first-order valence-electron chi connectivity index (χ1n) is 13.5. The molecule has 3 aromatic heterocycles. The predicted molar refractivity (Wildman–Crippen MR) is 164 cm³/mol. The third kappa shape index (κ3) is 5.05. The van der Waals surface area contributed by atoms with Gasteiger partial charge in [0.2, 0.25) is 0 Å². The van der Waals surface area contributed by atoms with Gasteiger partial charge in [0.15, 0.2) is 0 Å². The second-order valence-corrected chi connectivity index (χ2v) is 12.5. The summed E-state index contributed by atoms with van der Waals surface area (Å²) in [5, 5.41) is 18.6. The molecule has 5 rings (SSSR count). The second kappa shape index (κ2) is 10.1. The molecule has 1 aliphatic carbocycles. The number of hydrogen-bond acceptors (Lipinski definition) is 6. The molecule has 1 aliphatic rings. The van der Waals surface area contributed by atoms with Gasteiger partial charge in [-0.3, -0.25) is 0 Å².